The van der Waals surface area contributed by atoms with Gasteiger partial charge >= 0.3 is 0 Å². The van der Waals surface area contributed by atoms with Gasteiger partial charge in [-0.1, -0.05) is 155 Å². The molecule has 0 atom stereocenters. The summed E-state index contributed by atoms with van der Waals surface area (Å²) in [5.74, 6) is 0. The first-order valence-corrected chi connectivity index (χ1v) is 52.2. The summed E-state index contributed by atoms with van der Waals surface area (Å²) in [6, 6.07) is 47.4. The van der Waals surface area contributed by atoms with E-state index in [4.69, 9.17) is 85.8 Å². The van der Waals surface area contributed by atoms with Crippen LogP contribution in [-0.2, 0) is 127 Å². The van der Waals surface area contributed by atoms with E-state index in [1.165, 1.54) is 44.5 Å². The van der Waals surface area contributed by atoms with Crippen LogP contribution in [0.3, 0.4) is 0 Å². The number of hydrogen-bond donors (Lipinski definition) is 2. The third-order valence-electron chi connectivity index (χ3n) is 25.8. The number of unbranched alkanes of at least 4 members (excludes halogenated alkanes) is 8. The molecule has 0 aliphatic carbocycles. The maximum absolute atomic E-state index is 6.36. The molecular weight excluding hydrogens is 1710 g/mol. The fourth-order valence-electron chi connectivity index (χ4n) is 17.9. The molecule has 5 heterocycles. The van der Waals surface area contributed by atoms with Crippen molar-refractivity contribution in [3.05, 3.63) is 166 Å². The van der Waals surface area contributed by atoms with Crippen LogP contribution in [0.15, 0.2) is 121 Å². The fourth-order valence-corrected chi connectivity index (χ4v) is 17.9. The van der Waals surface area contributed by atoms with Gasteiger partial charge in [0.15, 0.2) is 0 Å². The molecule has 0 amide bonds. The van der Waals surface area contributed by atoms with E-state index in [0.717, 1.165) is 339 Å². The van der Waals surface area contributed by atoms with Crippen LogP contribution in [0.5, 0.6) is 0 Å². The lowest BCUT2D eigenvalue weighted by atomic mass is 9.92. The molecule has 738 valence electrons. The number of H-pyrrole nitrogens is 2. The molecule has 3 aromatic heterocycles. The average Bonchev–Trinajstić information content (AvgIpc) is 1.58. The lowest BCUT2D eigenvalue weighted by molar-refractivity contribution is 0.0467. The van der Waals surface area contributed by atoms with Crippen molar-refractivity contribution in [2.75, 3.05) is 211 Å². The van der Waals surface area contributed by atoms with E-state index >= 15 is 0 Å². The number of aromatic amines is 2. The second-order valence-corrected chi connectivity index (χ2v) is 36.3. The normalized spacial score (nSPS) is 12.2. The van der Waals surface area contributed by atoms with Gasteiger partial charge < -0.3 is 85.8 Å². The SMILES string of the molecule is CCCCOCCOCCc1cc2cc3c(cc2cc1CCOCCOCCCC)-c1cc2[nH]c(cc4nc(cc5[nH]c(cc-3n1)c1cc3cc(CCOCCOCCCC)c(CCOCCOCCCC)cc3cc51)-c1cc3cc(CCOCCOCCCC)c(CCOCCOCCCC)cc3cc1-4)c1cc3cc(CCOCCOCCCC)c(CCOCCOCCCC)cc3cc21. The molecule has 20 nitrogen and oxygen atoms in total. The number of nitrogens with zero attached hydrogens (tertiary/aromatic N) is 2. The highest BCUT2D eigenvalue weighted by Gasteiger charge is 2.25. The molecule has 0 radical (unpaired) electrons. The van der Waals surface area contributed by atoms with Crippen LogP contribution in [0.1, 0.15) is 203 Å². The molecule has 136 heavy (non-hydrogen) atoms. The summed E-state index contributed by atoms with van der Waals surface area (Å²) in [5.41, 5.74) is 21.2. The Kier molecular flexibility index (Phi) is 45.9. The van der Waals surface area contributed by atoms with E-state index in [2.05, 4.69) is 187 Å². The molecule has 11 aromatic rings. The molecule has 13 rings (SSSR count). The fraction of sp³-hybridized carbons (Fsp3) is 0.552. The molecular formula is C116H158N4O16. The third kappa shape index (κ3) is 31.9. The van der Waals surface area contributed by atoms with Crippen LogP contribution in [0, 0.1) is 0 Å². The van der Waals surface area contributed by atoms with Crippen molar-refractivity contribution in [3.8, 4) is 45.0 Å². The number of nitrogens with one attached hydrogen (secondary N) is 2. The largest absolute Gasteiger partial charge is 0.379 e. The summed E-state index contributed by atoms with van der Waals surface area (Å²) >= 11 is 0. The maximum Gasteiger partial charge on any atom is 0.0737 e. The van der Waals surface area contributed by atoms with Gasteiger partial charge in [0, 0.05) is 119 Å². The summed E-state index contributed by atoms with van der Waals surface area (Å²) in [6.45, 7) is 36.9. The summed E-state index contributed by atoms with van der Waals surface area (Å²) < 4.78 is 98.5. The van der Waals surface area contributed by atoms with Gasteiger partial charge in [0.25, 0.3) is 0 Å². The first-order chi connectivity index (χ1) is 67.2. The van der Waals surface area contributed by atoms with Crippen LogP contribution >= 0.6 is 0 Å². The number of aromatic nitrogens is 4. The van der Waals surface area contributed by atoms with E-state index in [9.17, 15) is 0 Å². The first-order valence-electron chi connectivity index (χ1n) is 52.2. The number of benzene rings is 8. The summed E-state index contributed by atoms with van der Waals surface area (Å²) in [5, 5.41) is 13.3. The molecule has 0 spiro atoms. The van der Waals surface area contributed by atoms with Crippen LogP contribution in [0.2, 0.25) is 0 Å². The lowest BCUT2D eigenvalue weighted by Gasteiger charge is -2.14. The van der Waals surface area contributed by atoms with E-state index in [0.29, 0.717) is 159 Å². The zero-order chi connectivity index (χ0) is 94.4. The van der Waals surface area contributed by atoms with Crippen molar-refractivity contribution in [2.24, 2.45) is 0 Å². The minimum Gasteiger partial charge on any atom is -0.379 e. The van der Waals surface area contributed by atoms with Crippen molar-refractivity contribution < 1.29 is 75.8 Å². The van der Waals surface area contributed by atoms with Crippen molar-refractivity contribution in [1.29, 1.82) is 0 Å². The number of hydrogen-bond acceptors (Lipinski definition) is 18. The Bertz CT molecular complexity index is 4960. The summed E-state index contributed by atoms with van der Waals surface area (Å²) in [6.07, 6.45) is 22.9. The van der Waals surface area contributed by atoms with Gasteiger partial charge in [-0.25, -0.2) is 9.97 Å². The van der Waals surface area contributed by atoms with Gasteiger partial charge in [0.05, 0.1) is 181 Å². The van der Waals surface area contributed by atoms with Gasteiger partial charge in [-0.3, -0.25) is 0 Å². The van der Waals surface area contributed by atoms with Crippen LogP contribution in [-0.4, -0.2) is 231 Å². The minimum absolute atomic E-state index is 0.540. The van der Waals surface area contributed by atoms with Crippen LogP contribution in [0.4, 0.5) is 0 Å². The molecule has 2 aliphatic heterocycles. The summed E-state index contributed by atoms with van der Waals surface area (Å²) in [7, 11) is 0. The molecule has 0 saturated heterocycles. The Morgan fingerprint density at radius 3 is 0.449 bits per heavy atom. The third-order valence-corrected chi connectivity index (χ3v) is 25.8. The predicted molar refractivity (Wildman–Crippen MR) is 557 cm³/mol. The van der Waals surface area contributed by atoms with Crippen molar-refractivity contribution in [1.82, 2.24) is 19.9 Å². The minimum atomic E-state index is 0.540. The van der Waals surface area contributed by atoms with E-state index in [1.54, 1.807) is 0 Å². The number of fused-ring (bicyclic) bond motifs is 24. The molecule has 0 fully saturated rings. The van der Waals surface area contributed by atoms with Gasteiger partial charge in [0.1, 0.15) is 0 Å². The van der Waals surface area contributed by atoms with Gasteiger partial charge in [-0.05, 0) is 263 Å². The standard InChI is InChI=1S/C116H158N4O16/c1-9-17-33-121-49-57-129-41-25-85-65-93-73-101-102(74-94(93)66-86(85)26-42-130-58-50-122-34-18-10-2)110-82-112-105-77-97-69-89(29-45-133-61-53-125-37-21-13-5)90(30-46-134-62-54-126-38-22-14-6)70-98(97)78-106(105)114(119-112)84-116-108-80-100-72-92(32-48-136-64-56-128-40-24-16-8)91(31-47-135-63-55-127-39-23-15-7)71-99(100)79-107(108)115(120-116)83-113-104-76-96-68-88(28-44-132-60-52-124-36-20-12-4)87(27-43-131-59-51-123-35-19-11-3)67-95(96)75-103(104)111(118-113)81-109(101)117-110/h65-84,117,120H,9-64H2,1-8H3. The molecule has 2 aliphatic rings. The number of ether oxygens (including phenoxy) is 16. The molecule has 0 saturated carbocycles. The predicted octanol–water partition coefficient (Wildman–Crippen LogP) is 24.9. The van der Waals surface area contributed by atoms with Gasteiger partial charge in [0.2, 0.25) is 0 Å². The van der Waals surface area contributed by atoms with E-state index in [1.807, 2.05) is 0 Å². The molecule has 2 N–H and O–H groups in total. The van der Waals surface area contributed by atoms with Crippen molar-refractivity contribution in [2.45, 2.75) is 209 Å². The Morgan fingerprint density at radius 2 is 0.301 bits per heavy atom. The van der Waals surface area contributed by atoms with Gasteiger partial charge in [-0.15, -0.1) is 0 Å². The molecule has 20 heteroatoms. The Balaban J connectivity index is 1.02. The number of rotatable bonds is 72. The second-order valence-electron chi connectivity index (χ2n) is 36.3. The quantitative estimate of drug-likeness (QED) is 0.0340. The van der Waals surface area contributed by atoms with Crippen molar-refractivity contribution in [3.63, 3.8) is 0 Å². The zero-order valence-electron chi connectivity index (χ0n) is 83.6. The highest BCUT2D eigenvalue weighted by molar-refractivity contribution is 6.16. The molecule has 8 bridgehead atoms. The van der Waals surface area contributed by atoms with E-state index in [-0.39, 0.29) is 0 Å². The molecule has 8 aromatic carbocycles. The highest BCUT2D eigenvalue weighted by atomic mass is 16.6. The summed E-state index contributed by atoms with van der Waals surface area (Å²) in [4.78, 5) is 20.1. The van der Waals surface area contributed by atoms with E-state index < -0.39 is 0 Å². The van der Waals surface area contributed by atoms with Crippen LogP contribution in [0.25, 0.3) is 132 Å². The van der Waals surface area contributed by atoms with Crippen LogP contribution < -0.4 is 0 Å². The smallest absolute Gasteiger partial charge is 0.0737 e. The lowest BCUT2D eigenvalue weighted by Crippen LogP contribution is -2.10. The first kappa shape index (κ1) is 105. The Morgan fingerprint density at radius 1 is 0.162 bits per heavy atom. The highest BCUT2D eigenvalue weighted by Crippen LogP contribution is 2.45. The van der Waals surface area contributed by atoms with Crippen molar-refractivity contribution >= 4 is 86.7 Å². The monoisotopic (exact) mass is 1860 g/mol. The second kappa shape index (κ2) is 59.4. The maximum atomic E-state index is 6.36. The zero-order valence-corrected chi connectivity index (χ0v) is 83.6. The average molecular weight is 1860 g/mol. The molecule has 0 unspecified atom stereocenters. The Hall–Kier alpha value is -8.20. The Labute approximate surface area is 809 Å². The van der Waals surface area contributed by atoms with Gasteiger partial charge in [-0.2, -0.15) is 0 Å². The topological polar surface area (TPSA) is 205 Å².